The van der Waals surface area contributed by atoms with E-state index in [0.717, 1.165) is 42.0 Å². The van der Waals surface area contributed by atoms with E-state index in [9.17, 15) is 4.79 Å². The van der Waals surface area contributed by atoms with Crippen molar-refractivity contribution in [2.75, 3.05) is 18.8 Å². The number of benzene rings is 2. The summed E-state index contributed by atoms with van der Waals surface area (Å²) in [5.74, 6) is 2.07. The van der Waals surface area contributed by atoms with Crippen LogP contribution in [-0.4, -0.2) is 28.7 Å². The number of nitrogens with zero attached hydrogens (tertiary/aromatic N) is 2. The Morgan fingerprint density at radius 1 is 0.897 bits per heavy atom. The second-order valence-corrected chi connectivity index (χ2v) is 8.42. The fraction of sp³-hybridized carbons (Fsp3) is 0.250. The van der Waals surface area contributed by atoms with E-state index in [1.54, 1.807) is 0 Å². The van der Waals surface area contributed by atoms with E-state index < -0.39 is 0 Å². The second kappa shape index (κ2) is 7.91. The highest BCUT2D eigenvalue weighted by atomic mass is 32.2. The molecule has 2 aliphatic heterocycles. The summed E-state index contributed by atoms with van der Waals surface area (Å²) >= 11 is 1.85. The van der Waals surface area contributed by atoms with Crippen molar-refractivity contribution in [2.45, 2.75) is 19.3 Å². The second-order valence-electron chi connectivity index (χ2n) is 7.34. The van der Waals surface area contributed by atoms with Gasteiger partial charge in [0.25, 0.3) is 5.56 Å². The van der Waals surface area contributed by atoms with Gasteiger partial charge in [0.1, 0.15) is 5.76 Å². The molecule has 1 saturated heterocycles. The number of aromatic nitrogens is 1. The molecule has 5 rings (SSSR count). The summed E-state index contributed by atoms with van der Waals surface area (Å²) in [4.78, 5) is 20.0. The van der Waals surface area contributed by atoms with E-state index in [-0.39, 0.29) is 5.56 Å². The highest BCUT2D eigenvalue weighted by Gasteiger charge is 2.28. The number of rotatable bonds is 4. The molecule has 4 nitrogen and oxygen atoms in total. The van der Waals surface area contributed by atoms with Gasteiger partial charge in [-0.15, -0.1) is 11.8 Å². The molecule has 0 aliphatic carbocycles. The maximum absolute atomic E-state index is 13.2. The van der Waals surface area contributed by atoms with Crippen LogP contribution in [0.25, 0.3) is 28.0 Å². The molecule has 0 bridgehead atoms. The average Bonchev–Trinajstić information content (AvgIpc) is 3.46. The normalized spacial score (nSPS) is 16.6. The fourth-order valence-electron chi connectivity index (χ4n) is 4.04. The minimum absolute atomic E-state index is 0.235. The summed E-state index contributed by atoms with van der Waals surface area (Å²) in [5, 5.41) is 1.24. The van der Waals surface area contributed by atoms with Gasteiger partial charge < -0.3 is 9.32 Å². The van der Waals surface area contributed by atoms with Crippen LogP contribution in [0.5, 0.6) is 0 Å². The summed E-state index contributed by atoms with van der Waals surface area (Å²) in [6.45, 7) is 2.15. The van der Waals surface area contributed by atoms with Crippen LogP contribution in [0.3, 0.4) is 0 Å². The lowest BCUT2D eigenvalue weighted by molar-refractivity contribution is 0.454. The van der Waals surface area contributed by atoms with Crippen molar-refractivity contribution >= 4 is 17.3 Å². The molecular formula is C24H22N2O2S. The maximum atomic E-state index is 13.2. The Morgan fingerprint density at radius 2 is 1.55 bits per heavy atom. The fourth-order valence-corrected chi connectivity index (χ4v) is 5.27. The van der Waals surface area contributed by atoms with Crippen molar-refractivity contribution in [1.82, 2.24) is 9.88 Å². The van der Waals surface area contributed by atoms with Gasteiger partial charge in [-0.1, -0.05) is 60.7 Å². The minimum Gasteiger partial charge on any atom is -0.437 e. The van der Waals surface area contributed by atoms with Crippen LogP contribution < -0.4 is 5.56 Å². The lowest BCUT2D eigenvalue weighted by Gasteiger charge is -2.20. The quantitative estimate of drug-likeness (QED) is 0.595. The molecular weight excluding hydrogens is 380 g/mol. The zero-order chi connectivity index (χ0) is 19.6. The van der Waals surface area contributed by atoms with Crippen LogP contribution in [0, 0.1) is 0 Å². The van der Waals surface area contributed by atoms with Crippen LogP contribution in [0.1, 0.15) is 25.2 Å². The molecule has 0 saturated carbocycles. The molecule has 3 aromatic rings. The maximum Gasteiger partial charge on any atom is 0.284 e. The summed E-state index contributed by atoms with van der Waals surface area (Å²) in [7, 11) is 0. The molecule has 5 heteroatoms. The molecule has 3 heterocycles. The van der Waals surface area contributed by atoms with Gasteiger partial charge >= 0.3 is 0 Å². The number of thioether (sulfide) groups is 1. The average molecular weight is 403 g/mol. The van der Waals surface area contributed by atoms with E-state index in [2.05, 4.69) is 9.88 Å². The Kier molecular flexibility index (Phi) is 4.98. The van der Waals surface area contributed by atoms with Crippen molar-refractivity contribution < 1.29 is 4.42 Å². The van der Waals surface area contributed by atoms with E-state index in [1.807, 2.05) is 72.4 Å². The van der Waals surface area contributed by atoms with Gasteiger partial charge in [-0.3, -0.25) is 4.79 Å². The first kappa shape index (κ1) is 18.3. The Balaban J connectivity index is 1.70. The predicted molar refractivity (Wildman–Crippen MR) is 118 cm³/mol. The van der Waals surface area contributed by atoms with Gasteiger partial charge in [-0.05, 0) is 24.8 Å². The van der Waals surface area contributed by atoms with Gasteiger partial charge in [0.05, 0.1) is 10.6 Å². The first-order valence-electron chi connectivity index (χ1n) is 10.1. The number of hydrogen-bond donors (Lipinski definition) is 0. The highest BCUT2D eigenvalue weighted by Crippen LogP contribution is 2.41. The van der Waals surface area contributed by atoms with Crippen LogP contribution >= 0.6 is 11.8 Å². The third-order valence-corrected chi connectivity index (χ3v) is 6.63. The minimum atomic E-state index is -0.235. The third kappa shape index (κ3) is 3.51. The van der Waals surface area contributed by atoms with Crippen molar-refractivity contribution in [3.8, 4) is 22.5 Å². The number of allylic oxidation sites excluding steroid dienone is 1. The van der Waals surface area contributed by atoms with Crippen molar-refractivity contribution in [3.63, 3.8) is 0 Å². The standard InChI is InChI=1S/C24H22N2O2S/c27-22-20(17-9-3-1-4-10-17)21(18-11-5-2-6-12-18)28-23(25-22)19-13-16-29-24(19)26-14-7-8-15-26/h1-6,9-12H,7-8,13-16H2. The zero-order valence-corrected chi connectivity index (χ0v) is 17.0. The lowest BCUT2D eigenvalue weighted by atomic mass is 10.0. The Morgan fingerprint density at radius 3 is 2.24 bits per heavy atom. The first-order chi connectivity index (χ1) is 14.3. The van der Waals surface area contributed by atoms with E-state index >= 15 is 0 Å². The van der Waals surface area contributed by atoms with Crippen LogP contribution in [-0.2, 0) is 0 Å². The van der Waals surface area contributed by atoms with Crippen LogP contribution in [0.2, 0.25) is 0 Å². The van der Waals surface area contributed by atoms with Crippen molar-refractivity contribution in [3.05, 3.63) is 81.9 Å². The Hall–Kier alpha value is -2.79. The molecule has 1 aromatic heterocycles. The van der Waals surface area contributed by atoms with E-state index in [1.165, 1.54) is 17.9 Å². The molecule has 0 atom stereocenters. The molecule has 0 unspecified atom stereocenters. The molecule has 0 N–H and O–H groups in total. The van der Waals surface area contributed by atoms with Gasteiger partial charge in [-0.25, -0.2) is 0 Å². The van der Waals surface area contributed by atoms with E-state index in [0.29, 0.717) is 17.2 Å². The van der Waals surface area contributed by atoms with Crippen LogP contribution in [0.4, 0.5) is 0 Å². The van der Waals surface area contributed by atoms with Gasteiger partial charge in [0, 0.05) is 30.0 Å². The third-order valence-electron chi connectivity index (χ3n) is 5.44. The Labute approximate surface area is 174 Å². The summed E-state index contributed by atoms with van der Waals surface area (Å²) in [5.41, 5.74) is 3.08. The topological polar surface area (TPSA) is 46.3 Å². The predicted octanol–water partition coefficient (Wildman–Crippen LogP) is 5.27. The number of hydrogen-bond acceptors (Lipinski definition) is 5. The molecule has 29 heavy (non-hydrogen) atoms. The first-order valence-corrected chi connectivity index (χ1v) is 11.1. The molecule has 0 amide bonds. The monoisotopic (exact) mass is 402 g/mol. The Bertz CT molecular complexity index is 1100. The summed E-state index contributed by atoms with van der Waals surface area (Å²) in [6, 6.07) is 19.5. The van der Waals surface area contributed by atoms with Gasteiger partial charge in [-0.2, -0.15) is 4.98 Å². The van der Waals surface area contributed by atoms with Crippen molar-refractivity contribution in [1.29, 1.82) is 0 Å². The zero-order valence-electron chi connectivity index (χ0n) is 16.1. The molecule has 0 spiro atoms. The SMILES string of the molecule is O=c1nc(C2=C(N3CCCC3)SCC2)oc(-c2ccccc2)c1-c1ccccc1. The molecule has 0 radical (unpaired) electrons. The van der Waals surface area contributed by atoms with Gasteiger partial charge in [0.2, 0.25) is 5.89 Å². The van der Waals surface area contributed by atoms with Gasteiger partial charge in [0.15, 0.2) is 0 Å². The van der Waals surface area contributed by atoms with E-state index in [4.69, 9.17) is 4.42 Å². The summed E-state index contributed by atoms with van der Waals surface area (Å²) in [6.07, 6.45) is 3.32. The molecule has 2 aliphatic rings. The highest BCUT2D eigenvalue weighted by molar-refractivity contribution is 8.03. The number of likely N-dealkylation sites (tertiary alicyclic amines) is 1. The largest absolute Gasteiger partial charge is 0.437 e. The smallest absolute Gasteiger partial charge is 0.284 e. The molecule has 1 fully saturated rings. The van der Waals surface area contributed by atoms with Crippen LogP contribution in [0.15, 0.2) is 74.9 Å². The lowest BCUT2D eigenvalue weighted by Crippen LogP contribution is -2.18. The van der Waals surface area contributed by atoms with Crippen molar-refractivity contribution in [2.24, 2.45) is 0 Å². The molecule has 2 aromatic carbocycles. The molecule has 146 valence electrons. The summed E-state index contributed by atoms with van der Waals surface area (Å²) < 4.78 is 6.39.